The van der Waals surface area contributed by atoms with E-state index in [-0.39, 0.29) is 17.2 Å². The van der Waals surface area contributed by atoms with Crippen molar-refractivity contribution in [3.8, 4) is 0 Å². The molecule has 4 rings (SSSR count). The van der Waals surface area contributed by atoms with Gasteiger partial charge in [0.15, 0.2) is 0 Å². The molecule has 0 radical (unpaired) electrons. The Hall–Kier alpha value is -3.74. The van der Waals surface area contributed by atoms with Gasteiger partial charge in [0.05, 0.1) is 12.7 Å². The van der Waals surface area contributed by atoms with E-state index < -0.39 is 0 Å². The van der Waals surface area contributed by atoms with Crippen molar-refractivity contribution in [1.29, 1.82) is 0 Å². The molecular formula is C22H21N5O2. The Morgan fingerprint density at radius 3 is 2.69 bits per heavy atom. The SMILES string of the molecule is CCCn1nc(C(=O)Nc2ccnn2Cc2cccc3ccccc23)ccc1=O. The number of carbonyl (C=O) groups excluding carboxylic acids is 1. The highest BCUT2D eigenvalue weighted by molar-refractivity contribution is 6.02. The largest absolute Gasteiger partial charge is 0.305 e. The molecule has 0 aliphatic heterocycles. The Kier molecular flexibility index (Phi) is 5.20. The molecule has 0 aliphatic rings. The van der Waals surface area contributed by atoms with E-state index in [4.69, 9.17) is 0 Å². The van der Waals surface area contributed by atoms with Gasteiger partial charge >= 0.3 is 0 Å². The third-order valence-corrected chi connectivity index (χ3v) is 4.69. The number of amides is 1. The molecule has 29 heavy (non-hydrogen) atoms. The first kappa shape index (κ1) is 18.6. The van der Waals surface area contributed by atoms with Crippen molar-refractivity contribution in [2.45, 2.75) is 26.4 Å². The monoisotopic (exact) mass is 387 g/mol. The summed E-state index contributed by atoms with van der Waals surface area (Å²) in [5.41, 5.74) is 1.08. The van der Waals surface area contributed by atoms with Crippen LogP contribution in [0, 0.1) is 0 Å². The lowest BCUT2D eigenvalue weighted by atomic mass is 10.0. The number of aromatic nitrogens is 4. The number of benzene rings is 2. The van der Waals surface area contributed by atoms with Crippen molar-refractivity contribution in [3.63, 3.8) is 0 Å². The van der Waals surface area contributed by atoms with Gasteiger partial charge in [-0.1, -0.05) is 49.4 Å². The van der Waals surface area contributed by atoms with Crippen molar-refractivity contribution >= 4 is 22.5 Å². The second-order valence-electron chi connectivity index (χ2n) is 6.75. The molecule has 0 saturated heterocycles. The van der Waals surface area contributed by atoms with E-state index in [0.717, 1.165) is 22.8 Å². The molecule has 2 heterocycles. The van der Waals surface area contributed by atoms with Crippen LogP contribution in [0.15, 0.2) is 71.7 Å². The van der Waals surface area contributed by atoms with Gasteiger partial charge in [-0.3, -0.25) is 9.59 Å². The van der Waals surface area contributed by atoms with Gasteiger partial charge in [-0.25, -0.2) is 9.36 Å². The van der Waals surface area contributed by atoms with E-state index in [0.29, 0.717) is 18.9 Å². The van der Waals surface area contributed by atoms with Crippen LogP contribution in [0.25, 0.3) is 10.8 Å². The number of fused-ring (bicyclic) bond motifs is 1. The second-order valence-corrected chi connectivity index (χ2v) is 6.75. The number of nitrogens with zero attached hydrogens (tertiary/aromatic N) is 4. The number of rotatable bonds is 6. The van der Waals surface area contributed by atoms with Crippen LogP contribution in [0.3, 0.4) is 0 Å². The Morgan fingerprint density at radius 1 is 1.00 bits per heavy atom. The first-order valence-electron chi connectivity index (χ1n) is 9.53. The number of hydrogen-bond donors (Lipinski definition) is 1. The van der Waals surface area contributed by atoms with Crippen LogP contribution in [0.2, 0.25) is 0 Å². The molecule has 0 bridgehead atoms. The van der Waals surface area contributed by atoms with E-state index in [2.05, 4.69) is 39.8 Å². The van der Waals surface area contributed by atoms with Gasteiger partial charge in [0.1, 0.15) is 11.5 Å². The van der Waals surface area contributed by atoms with Gasteiger partial charge in [0, 0.05) is 18.7 Å². The van der Waals surface area contributed by atoms with E-state index in [1.165, 1.54) is 16.8 Å². The summed E-state index contributed by atoms with van der Waals surface area (Å²) in [7, 11) is 0. The molecule has 146 valence electrons. The standard InChI is InChI=1S/C22H21N5O2/c1-2-14-26-21(28)11-10-19(25-26)22(29)24-20-12-13-23-27(20)15-17-8-5-7-16-6-3-4-9-18(16)17/h3-13H,2,14-15H2,1H3,(H,24,29). The molecule has 0 aliphatic carbocycles. The number of anilines is 1. The maximum atomic E-state index is 12.7. The van der Waals surface area contributed by atoms with Gasteiger partial charge in [-0.2, -0.15) is 10.2 Å². The van der Waals surface area contributed by atoms with Crippen LogP contribution in [0.1, 0.15) is 29.4 Å². The van der Waals surface area contributed by atoms with Crippen molar-refractivity contribution in [2.24, 2.45) is 0 Å². The molecule has 2 aromatic heterocycles. The van der Waals surface area contributed by atoms with Crippen molar-refractivity contribution in [2.75, 3.05) is 5.32 Å². The van der Waals surface area contributed by atoms with Crippen molar-refractivity contribution in [3.05, 3.63) is 88.5 Å². The number of hydrogen-bond acceptors (Lipinski definition) is 4. The lowest BCUT2D eigenvalue weighted by molar-refractivity contribution is 0.101. The first-order valence-corrected chi connectivity index (χ1v) is 9.53. The zero-order valence-electron chi connectivity index (χ0n) is 16.1. The average Bonchev–Trinajstić information content (AvgIpc) is 3.16. The molecule has 0 spiro atoms. The third-order valence-electron chi connectivity index (χ3n) is 4.69. The fourth-order valence-corrected chi connectivity index (χ4v) is 3.28. The summed E-state index contributed by atoms with van der Waals surface area (Å²) in [6.07, 6.45) is 2.40. The normalized spacial score (nSPS) is 10.9. The van der Waals surface area contributed by atoms with Gasteiger partial charge < -0.3 is 5.32 Å². The topological polar surface area (TPSA) is 81.8 Å². The molecule has 7 nitrogen and oxygen atoms in total. The lowest BCUT2D eigenvalue weighted by Crippen LogP contribution is -2.26. The quantitative estimate of drug-likeness (QED) is 0.550. The zero-order chi connectivity index (χ0) is 20.2. The minimum atomic E-state index is -0.380. The van der Waals surface area contributed by atoms with E-state index in [1.807, 2.05) is 25.1 Å². The van der Waals surface area contributed by atoms with Gasteiger partial charge in [0.2, 0.25) is 0 Å². The summed E-state index contributed by atoms with van der Waals surface area (Å²) < 4.78 is 3.05. The molecule has 2 aromatic carbocycles. The van der Waals surface area contributed by atoms with Crippen LogP contribution in [0.5, 0.6) is 0 Å². The molecule has 0 atom stereocenters. The first-order chi connectivity index (χ1) is 14.2. The van der Waals surface area contributed by atoms with Crippen LogP contribution in [-0.4, -0.2) is 25.5 Å². The summed E-state index contributed by atoms with van der Waals surface area (Å²) in [5, 5.41) is 13.7. The smallest absolute Gasteiger partial charge is 0.277 e. The summed E-state index contributed by atoms with van der Waals surface area (Å²) in [4.78, 5) is 24.5. The van der Waals surface area contributed by atoms with Crippen molar-refractivity contribution in [1.82, 2.24) is 19.6 Å². The highest BCUT2D eigenvalue weighted by Crippen LogP contribution is 2.20. The predicted molar refractivity (Wildman–Crippen MR) is 112 cm³/mol. The van der Waals surface area contributed by atoms with Crippen LogP contribution in [0.4, 0.5) is 5.82 Å². The summed E-state index contributed by atoms with van der Waals surface area (Å²) >= 11 is 0. The molecule has 1 amide bonds. The van der Waals surface area contributed by atoms with E-state index in [1.54, 1.807) is 16.9 Å². The zero-order valence-corrected chi connectivity index (χ0v) is 16.1. The molecular weight excluding hydrogens is 366 g/mol. The fraction of sp³-hybridized carbons (Fsp3) is 0.182. The number of carbonyl (C=O) groups is 1. The summed E-state index contributed by atoms with van der Waals surface area (Å²) in [5.74, 6) is 0.187. The molecule has 0 fully saturated rings. The lowest BCUT2D eigenvalue weighted by Gasteiger charge is -2.11. The van der Waals surface area contributed by atoms with Crippen LogP contribution < -0.4 is 10.9 Å². The molecule has 1 N–H and O–H groups in total. The maximum absolute atomic E-state index is 12.7. The van der Waals surface area contributed by atoms with Crippen molar-refractivity contribution < 1.29 is 4.79 Å². The van der Waals surface area contributed by atoms with Gasteiger partial charge in [-0.05, 0) is 28.8 Å². The average molecular weight is 387 g/mol. The van der Waals surface area contributed by atoms with Crippen LogP contribution in [-0.2, 0) is 13.1 Å². The summed E-state index contributed by atoms with van der Waals surface area (Å²) in [6, 6.07) is 18.9. The minimum Gasteiger partial charge on any atom is -0.305 e. The Labute approximate surface area is 167 Å². The number of aryl methyl sites for hydroxylation is 1. The molecule has 4 aromatic rings. The number of nitrogens with one attached hydrogen (secondary N) is 1. The van der Waals surface area contributed by atoms with Gasteiger partial charge in [0.25, 0.3) is 11.5 Å². The van der Waals surface area contributed by atoms with E-state index in [9.17, 15) is 9.59 Å². The molecule has 0 unspecified atom stereocenters. The predicted octanol–water partition coefficient (Wildman–Crippen LogP) is 3.30. The Bertz CT molecular complexity index is 1220. The van der Waals surface area contributed by atoms with Crippen LogP contribution >= 0.6 is 0 Å². The highest BCUT2D eigenvalue weighted by Gasteiger charge is 2.13. The summed E-state index contributed by atoms with van der Waals surface area (Å²) in [6.45, 7) is 2.94. The third kappa shape index (κ3) is 3.94. The second kappa shape index (κ2) is 8.10. The Morgan fingerprint density at radius 2 is 1.83 bits per heavy atom. The fourth-order valence-electron chi connectivity index (χ4n) is 3.28. The highest BCUT2D eigenvalue weighted by atomic mass is 16.2. The van der Waals surface area contributed by atoms with Gasteiger partial charge in [-0.15, -0.1) is 0 Å². The minimum absolute atomic E-state index is 0.191. The molecule has 0 saturated carbocycles. The maximum Gasteiger partial charge on any atom is 0.277 e. The Balaban J connectivity index is 1.58. The van der Waals surface area contributed by atoms with E-state index >= 15 is 0 Å². The molecule has 7 heteroatoms.